The minimum absolute atomic E-state index is 0.729. The molecule has 0 fully saturated rings. The highest BCUT2D eigenvalue weighted by Gasteiger charge is 2.08. The lowest BCUT2D eigenvalue weighted by Crippen LogP contribution is -1.85. The Kier molecular flexibility index (Phi) is 3.28. The van der Waals surface area contributed by atoms with E-state index >= 15 is 0 Å². The Labute approximate surface area is 98.3 Å². The van der Waals surface area contributed by atoms with Gasteiger partial charge in [0.2, 0.25) is 0 Å². The van der Waals surface area contributed by atoms with Crippen LogP contribution in [0.3, 0.4) is 0 Å². The highest BCUT2D eigenvalue weighted by atomic mass is 32.1. The van der Waals surface area contributed by atoms with Crippen LogP contribution < -0.4 is 4.74 Å². The fraction of sp³-hybridized carbons (Fsp3) is 0.182. The Morgan fingerprint density at radius 2 is 2.20 bits per heavy atom. The third-order valence-electron chi connectivity index (χ3n) is 2.05. The van der Waals surface area contributed by atoms with Crippen molar-refractivity contribution in [3.05, 3.63) is 35.3 Å². The van der Waals surface area contributed by atoms with Crippen LogP contribution in [0.5, 0.6) is 5.75 Å². The first-order valence-electron chi connectivity index (χ1n) is 4.54. The fourth-order valence-electron chi connectivity index (χ4n) is 1.33. The van der Waals surface area contributed by atoms with Crippen LogP contribution >= 0.6 is 24.0 Å². The Hall–Kier alpha value is -1.000. The second-order valence-corrected chi connectivity index (χ2v) is 4.42. The normalized spacial score (nSPS) is 10.3. The van der Waals surface area contributed by atoms with Crippen molar-refractivity contribution in [2.45, 2.75) is 5.75 Å². The van der Waals surface area contributed by atoms with E-state index in [2.05, 4.69) is 17.6 Å². The smallest absolute Gasteiger partial charge is 0.129 e. The minimum Gasteiger partial charge on any atom is -0.496 e. The lowest BCUT2D eigenvalue weighted by molar-refractivity contribution is 0.416. The SMILES string of the molecule is COc1ccccc1-c1ncc(CS)s1. The van der Waals surface area contributed by atoms with Crippen molar-refractivity contribution >= 4 is 24.0 Å². The number of methoxy groups -OCH3 is 1. The lowest BCUT2D eigenvalue weighted by Gasteiger charge is -2.04. The van der Waals surface area contributed by atoms with E-state index < -0.39 is 0 Å². The topological polar surface area (TPSA) is 22.1 Å². The van der Waals surface area contributed by atoms with Crippen LogP contribution in [0.2, 0.25) is 0 Å². The molecule has 0 saturated heterocycles. The largest absolute Gasteiger partial charge is 0.496 e. The molecule has 2 nitrogen and oxygen atoms in total. The lowest BCUT2D eigenvalue weighted by atomic mass is 10.2. The third kappa shape index (κ3) is 2.16. The highest BCUT2D eigenvalue weighted by molar-refractivity contribution is 7.79. The maximum Gasteiger partial charge on any atom is 0.129 e. The number of thiazole rings is 1. The monoisotopic (exact) mass is 237 g/mol. The van der Waals surface area contributed by atoms with Gasteiger partial charge in [-0.25, -0.2) is 4.98 Å². The average molecular weight is 237 g/mol. The average Bonchev–Trinajstić information content (AvgIpc) is 2.77. The zero-order valence-corrected chi connectivity index (χ0v) is 10.0. The molecule has 1 aromatic carbocycles. The van der Waals surface area contributed by atoms with E-state index in [-0.39, 0.29) is 0 Å². The van der Waals surface area contributed by atoms with E-state index in [9.17, 15) is 0 Å². The number of aromatic nitrogens is 1. The molecule has 4 heteroatoms. The highest BCUT2D eigenvalue weighted by Crippen LogP contribution is 2.32. The molecule has 1 heterocycles. The van der Waals surface area contributed by atoms with Gasteiger partial charge in [0, 0.05) is 16.8 Å². The number of hydrogen-bond acceptors (Lipinski definition) is 4. The van der Waals surface area contributed by atoms with E-state index in [4.69, 9.17) is 4.74 Å². The third-order valence-corrected chi connectivity index (χ3v) is 3.63. The van der Waals surface area contributed by atoms with E-state index in [0.29, 0.717) is 0 Å². The summed E-state index contributed by atoms with van der Waals surface area (Å²) in [7, 11) is 1.67. The van der Waals surface area contributed by atoms with Crippen molar-refractivity contribution in [2.24, 2.45) is 0 Å². The van der Waals surface area contributed by atoms with Crippen molar-refractivity contribution in [2.75, 3.05) is 7.11 Å². The van der Waals surface area contributed by atoms with E-state index in [1.807, 2.05) is 30.5 Å². The van der Waals surface area contributed by atoms with Gasteiger partial charge in [-0.05, 0) is 12.1 Å². The second-order valence-electron chi connectivity index (χ2n) is 2.99. The van der Waals surface area contributed by atoms with Gasteiger partial charge in [0.15, 0.2) is 0 Å². The molecule has 0 atom stereocenters. The maximum atomic E-state index is 5.29. The van der Waals surface area contributed by atoms with Gasteiger partial charge in [-0.2, -0.15) is 12.6 Å². The van der Waals surface area contributed by atoms with E-state index in [1.165, 1.54) is 4.88 Å². The van der Waals surface area contributed by atoms with Crippen LogP contribution in [0.4, 0.5) is 0 Å². The molecule has 2 aromatic rings. The summed E-state index contributed by atoms with van der Waals surface area (Å²) in [6.45, 7) is 0. The van der Waals surface area contributed by atoms with Crippen LogP contribution in [0, 0.1) is 0 Å². The molecule has 0 bridgehead atoms. The summed E-state index contributed by atoms with van der Waals surface area (Å²) in [5.41, 5.74) is 1.04. The van der Waals surface area contributed by atoms with Gasteiger partial charge in [-0.15, -0.1) is 11.3 Å². The summed E-state index contributed by atoms with van der Waals surface area (Å²) >= 11 is 5.87. The number of benzene rings is 1. The number of thiol groups is 1. The standard InChI is InChI=1S/C11H11NOS2/c1-13-10-5-3-2-4-9(10)11-12-6-8(7-14)15-11/h2-6,14H,7H2,1H3. The molecule has 0 amide bonds. The molecule has 0 saturated carbocycles. The molecule has 0 spiro atoms. The zero-order valence-electron chi connectivity index (χ0n) is 8.30. The molecule has 0 radical (unpaired) electrons. The molecular formula is C11H11NOS2. The van der Waals surface area contributed by atoms with Gasteiger partial charge in [-0.1, -0.05) is 12.1 Å². The van der Waals surface area contributed by atoms with Crippen molar-refractivity contribution in [3.63, 3.8) is 0 Å². The van der Waals surface area contributed by atoms with Crippen LogP contribution in [-0.4, -0.2) is 12.1 Å². The molecule has 15 heavy (non-hydrogen) atoms. The zero-order chi connectivity index (χ0) is 10.7. The summed E-state index contributed by atoms with van der Waals surface area (Å²) in [5, 5.41) is 0.983. The summed E-state index contributed by atoms with van der Waals surface area (Å²) in [6.07, 6.45) is 1.86. The molecule has 0 aliphatic rings. The first-order chi connectivity index (χ1) is 7.35. The quantitative estimate of drug-likeness (QED) is 0.828. The van der Waals surface area contributed by atoms with E-state index in [1.54, 1.807) is 18.4 Å². The van der Waals surface area contributed by atoms with Gasteiger partial charge in [0.1, 0.15) is 10.8 Å². The first kappa shape index (κ1) is 10.5. The molecule has 78 valence electrons. The van der Waals surface area contributed by atoms with Crippen LogP contribution in [-0.2, 0) is 5.75 Å². The molecule has 0 aliphatic carbocycles. The summed E-state index contributed by atoms with van der Waals surface area (Å²) < 4.78 is 5.29. The predicted octanol–water partition coefficient (Wildman–Crippen LogP) is 3.25. The van der Waals surface area contributed by atoms with Gasteiger partial charge in [0.05, 0.1) is 12.7 Å². The number of hydrogen-bond donors (Lipinski definition) is 1. The summed E-state index contributed by atoms with van der Waals surface area (Å²) in [4.78, 5) is 5.52. The maximum absolute atomic E-state index is 5.29. The number of rotatable bonds is 3. The molecule has 2 rings (SSSR count). The Morgan fingerprint density at radius 1 is 1.40 bits per heavy atom. The van der Waals surface area contributed by atoms with Crippen molar-refractivity contribution < 1.29 is 4.74 Å². The van der Waals surface area contributed by atoms with Crippen molar-refractivity contribution in [1.82, 2.24) is 4.98 Å². The van der Waals surface area contributed by atoms with Crippen LogP contribution in [0.1, 0.15) is 4.88 Å². The summed E-state index contributed by atoms with van der Waals surface area (Å²) in [6, 6.07) is 7.89. The first-order valence-corrected chi connectivity index (χ1v) is 5.99. The van der Waals surface area contributed by atoms with Gasteiger partial charge in [0.25, 0.3) is 0 Å². The number of para-hydroxylation sites is 1. The van der Waals surface area contributed by atoms with Gasteiger partial charge >= 0.3 is 0 Å². The molecular weight excluding hydrogens is 226 g/mol. The van der Waals surface area contributed by atoms with Crippen molar-refractivity contribution in [1.29, 1.82) is 0 Å². The van der Waals surface area contributed by atoms with Gasteiger partial charge < -0.3 is 4.74 Å². The molecule has 0 unspecified atom stereocenters. The molecule has 0 N–H and O–H groups in total. The van der Waals surface area contributed by atoms with Gasteiger partial charge in [-0.3, -0.25) is 0 Å². The van der Waals surface area contributed by atoms with Crippen LogP contribution in [0.25, 0.3) is 10.6 Å². The van der Waals surface area contributed by atoms with Crippen LogP contribution in [0.15, 0.2) is 30.5 Å². The second kappa shape index (κ2) is 4.68. The van der Waals surface area contributed by atoms with E-state index in [0.717, 1.165) is 22.1 Å². The fourth-order valence-corrected chi connectivity index (χ4v) is 2.40. The minimum atomic E-state index is 0.729. The van der Waals surface area contributed by atoms with Crippen molar-refractivity contribution in [3.8, 4) is 16.3 Å². The number of ether oxygens (including phenoxy) is 1. The Balaban J connectivity index is 2.44. The molecule has 1 aromatic heterocycles. The summed E-state index contributed by atoms with van der Waals surface area (Å²) in [5.74, 6) is 1.59. The Morgan fingerprint density at radius 3 is 2.87 bits per heavy atom. The predicted molar refractivity (Wildman–Crippen MR) is 66.8 cm³/mol. The number of nitrogens with zero attached hydrogens (tertiary/aromatic N) is 1. The molecule has 0 aliphatic heterocycles. The Bertz CT molecular complexity index is 453.